The number of hydrogen-bond donors (Lipinski definition) is 2. The molecular weight excluding hydrogens is 555 g/mol. The van der Waals surface area contributed by atoms with E-state index in [1.807, 2.05) is 39.5 Å². The topological polar surface area (TPSA) is 118 Å². The third-order valence-electron chi connectivity index (χ3n) is 7.75. The van der Waals surface area contributed by atoms with E-state index >= 15 is 0 Å². The highest BCUT2D eigenvalue weighted by Gasteiger charge is 2.42. The zero-order valence-electron chi connectivity index (χ0n) is 24.3. The summed E-state index contributed by atoms with van der Waals surface area (Å²) < 4.78 is 68.5. The van der Waals surface area contributed by atoms with Crippen molar-refractivity contribution in [3.8, 4) is 0 Å². The van der Waals surface area contributed by atoms with Crippen LogP contribution in [0.4, 0.5) is 24.8 Å². The van der Waals surface area contributed by atoms with Crippen molar-refractivity contribution >= 4 is 33.1 Å². The van der Waals surface area contributed by atoms with Gasteiger partial charge in [0.25, 0.3) is 15.9 Å². The van der Waals surface area contributed by atoms with Gasteiger partial charge in [-0.15, -0.1) is 0 Å². The molecule has 0 spiro atoms. The van der Waals surface area contributed by atoms with E-state index in [1.165, 1.54) is 18.2 Å². The summed E-state index contributed by atoms with van der Waals surface area (Å²) >= 11 is 0. The molecule has 2 aliphatic rings. The summed E-state index contributed by atoms with van der Waals surface area (Å²) in [5.41, 5.74) is 6.65. The van der Waals surface area contributed by atoms with Gasteiger partial charge in [0, 0.05) is 23.1 Å². The van der Waals surface area contributed by atoms with E-state index in [2.05, 4.69) is 16.6 Å². The highest BCUT2D eigenvalue weighted by atomic mass is 32.2. The molecular formula is C29H38F3N5O3S. The molecule has 4 rings (SSSR count). The van der Waals surface area contributed by atoms with Crippen LogP contribution in [0.5, 0.6) is 0 Å². The molecule has 8 nitrogen and oxygen atoms in total. The Bertz CT molecular complexity index is 1480. The molecule has 2 atom stereocenters. The fraction of sp³-hybridized carbons (Fsp3) is 0.552. The summed E-state index contributed by atoms with van der Waals surface area (Å²) in [5, 5.41) is -0.407. The molecule has 3 heterocycles. The van der Waals surface area contributed by atoms with E-state index in [9.17, 15) is 26.4 Å². The summed E-state index contributed by atoms with van der Waals surface area (Å²) in [5.74, 6) is -1.72. The van der Waals surface area contributed by atoms with Crippen molar-refractivity contribution in [3.63, 3.8) is 0 Å². The normalized spacial score (nSPS) is 21.5. The second-order valence-electron chi connectivity index (χ2n) is 12.8. The number of halogens is 3. The van der Waals surface area contributed by atoms with Crippen molar-refractivity contribution in [3.05, 3.63) is 47.2 Å². The lowest BCUT2D eigenvalue weighted by Crippen LogP contribution is -2.41. The molecule has 2 aromatic heterocycles. The number of anilines is 2. The van der Waals surface area contributed by atoms with E-state index in [-0.39, 0.29) is 36.2 Å². The van der Waals surface area contributed by atoms with Crippen LogP contribution in [0.3, 0.4) is 0 Å². The van der Waals surface area contributed by atoms with E-state index < -0.39 is 38.5 Å². The number of aromatic nitrogens is 2. The number of carbonyl (C=O) groups is 1. The second kappa shape index (κ2) is 10.6. The molecule has 1 fully saturated rings. The minimum atomic E-state index is -4.39. The number of amides is 1. The van der Waals surface area contributed by atoms with Gasteiger partial charge in [-0.25, -0.2) is 14.7 Å². The Hall–Kier alpha value is -3.15. The fourth-order valence-electron chi connectivity index (χ4n) is 5.84. The smallest absolute Gasteiger partial charge is 0.384 e. The lowest BCUT2D eigenvalue weighted by molar-refractivity contribution is -0.175. The summed E-state index contributed by atoms with van der Waals surface area (Å²) in [4.78, 5) is 24.6. The summed E-state index contributed by atoms with van der Waals surface area (Å²) in [7, 11) is -4.39. The van der Waals surface area contributed by atoms with Gasteiger partial charge in [-0.3, -0.25) is 4.79 Å². The molecule has 0 aromatic carbocycles. The molecule has 1 amide bonds. The lowest BCUT2D eigenvalue weighted by atomic mass is 9.80. The Labute approximate surface area is 239 Å². The van der Waals surface area contributed by atoms with E-state index in [1.54, 1.807) is 12.1 Å². The van der Waals surface area contributed by atoms with Gasteiger partial charge < -0.3 is 10.6 Å². The lowest BCUT2D eigenvalue weighted by Gasteiger charge is -2.36. The molecule has 0 saturated carbocycles. The molecule has 12 heteroatoms. The van der Waals surface area contributed by atoms with Crippen molar-refractivity contribution in [2.75, 3.05) is 17.2 Å². The zero-order valence-corrected chi connectivity index (χ0v) is 25.1. The van der Waals surface area contributed by atoms with Crippen LogP contribution in [0.25, 0.3) is 5.57 Å². The maximum Gasteiger partial charge on any atom is 0.392 e. The van der Waals surface area contributed by atoms with Crippen molar-refractivity contribution in [2.45, 2.75) is 89.4 Å². The van der Waals surface area contributed by atoms with Gasteiger partial charge in [-0.1, -0.05) is 39.8 Å². The summed E-state index contributed by atoms with van der Waals surface area (Å²) in [6, 6.07) is 5.68. The van der Waals surface area contributed by atoms with Crippen molar-refractivity contribution in [1.29, 1.82) is 0 Å². The van der Waals surface area contributed by atoms with Crippen molar-refractivity contribution < 1.29 is 26.4 Å². The largest absolute Gasteiger partial charge is 0.392 e. The number of hydrogen-bond acceptors (Lipinski definition) is 7. The zero-order chi connectivity index (χ0) is 30.5. The van der Waals surface area contributed by atoms with Gasteiger partial charge in [0.15, 0.2) is 5.03 Å². The molecule has 1 saturated heterocycles. The number of pyridine rings is 2. The Morgan fingerprint density at radius 2 is 1.85 bits per heavy atom. The van der Waals surface area contributed by atoms with Crippen LogP contribution in [-0.2, 0) is 15.4 Å². The van der Waals surface area contributed by atoms with Crippen LogP contribution >= 0.6 is 0 Å². The quantitative estimate of drug-likeness (QED) is 0.447. The van der Waals surface area contributed by atoms with Gasteiger partial charge in [0.05, 0.1) is 17.2 Å². The Balaban J connectivity index is 1.88. The van der Waals surface area contributed by atoms with Gasteiger partial charge in [0.2, 0.25) is 0 Å². The molecule has 1 aliphatic heterocycles. The van der Waals surface area contributed by atoms with Crippen LogP contribution in [0, 0.1) is 11.8 Å². The molecule has 3 N–H and O–H groups in total. The molecule has 0 radical (unpaired) electrons. The van der Waals surface area contributed by atoms with Crippen molar-refractivity contribution in [2.24, 2.45) is 11.8 Å². The molecule has 1 aliphatic carbocycles. The SMILES string of the molecule is C[C@@H]1CN(c2nc(C(C)(C)C)c(C3=CCC(C(F)(F)F)CC3)cc2C(=O)NS(=O)(=O)c2cccc(N)n2)C(C)(C)C1. The number of alkyl halides is 3. The predicted octanol–water partition coefficient (Wildman–Crippen LogP) is 5.85. The third-order valence-corrected chi connectivity index (χ3v) is 8.99. The average Bonchev–Trinajstić information content (AvgIpc) is 3.13. The number of allylic oxidation sites excluding steroid dienone is 2. The maximum absolute atomic E-state index is 13.8. The third kappa shape index (κ3) is 6.52. The minimum Gasteiger partial charge on any atom is -0.384 e. The Kier molecular flexibility index (Phi) is 7.96. The first-order valence-corrected chi connectivity index (χ1v) is 15.2. The second-order valence-corrected chi connectivity index (χ2v) is 14.4. The van der Waals surface area contributed by atoms with Gasteiger partial charge in [-0.05, 0) is 69.2 Å². The monoisotopic (exact) mass is 593 g/mol. The van der Waals surface area contributed by atoms with Gasteiger partial charge >= 0.3 is 6.18 Å². The molecule has 224 valence electrons. The fourth-order valence-corrected chi connectivity index (χ4v) is 6.78. The maximum atomic E-state index is 13.8. The van der Waals surface area contributed by atoms with Crippen LogP contribution in [0.15, 0.2) is 35.4 Å². The molecule has 2 aromatic rings. The van der Waals surface area contributed by atoms with Gasteiger partial charge in [0.1, 0.15) is 11.6 Å². The van der Waals surface area contributed by atoms with Gasteiger partial charge in [-0.2, -0.15) is 21.6 Å². The van der Waals surface area contributed by atoms with Crippen LogP contribution in [-0.4, -0.2) is 42.6 Å². The minimum absolute atomic E-state index is 0.0197. The average molecular weight is 594 g/mol. The highest BCUT2D eigenvalue weighted by Crippen LogP contribution is 2.44. The van der Waals surface area contributed by atoms with E-state index in [0.29, 0.717) is 35.1 Å². The summed E-state index contributed by atoms with van der Waals surface area (Å²) in [6.07, 6.45) is -1.97. The van der Waals surface area contributed by atoms with Crippen LogP contribution in [0.1, 0.15) is 88.8 Å². The summed E-state index contributed by atoms with van der Waals surface area (Å²) in [6.45, 7) is 12.6. The number of sulfonamides is 1. The number of carbonyl (C=O) groups excluding carboxylic acids is 1. The highest BCUT2D eigenvalue weighted by molar-refractivity contribution is 7.90. The first-order chi connectivity index (χ1) is 18.8. The standard InChI is InChI=1S/C29H38F3N5O3S/c1-17-15-28(5,6)37(16-17)25-21(26(38)36-41(39,40)23-9-7-8-22(33)34-23)14-20(24(35-25)27(2,3)4)18-10-12-19(13-11-18)29(30,31)32/h7-10,14,17,19H,11-13,15-16H2,1-6H3,(H2,33,34)(H,36,38)/t17-,19?/m0/s1. The molecule has 1 unspecified atom stereocenters. The number of nitrogens with zero attached hydrogens (tertiary/aromatic N) is 3. The van der Waals surface area contributed by atoms with Crippen LogP contribution < -0.4 is 15.4 Å². The van der Waals surface area contributed by atoms with E-state index in [4.69, 9.17) is 10.7 Å². The predicted molar refractivity (Wildman–Crippen MR) is 153 cm³/mol. The molecule has 0 bridgehead atoms. The molecule has 41 heavy (non-hydrogen) atoms. The van der Waals surface area contributed by atoms with Crippen LogP contribution in [0.2, 0.25) is 0 Å². The first kappa shape index (κ1) is 30.8. The Morgan fingerprint density at radius 3 is 2.37 bits per heavy atom. The Morgan fingerprint density at radius 1 is 1.17 bits per heavy atom. The van der Waals surface area contributed by atoms with E-state index in [0.717, 1.165) is 6.42 Å². The number of nitrogens with two attached hydrogens (primary N) is 1. The number of nitrogens with one attached hydrogen (secondary N) is 1. The first-order valence-electron chi connectivity index (χ1n) is 13.7. The van der Waals surface area contributed by atoms with Crippen molar-refractivity contribution in [1.82, 2.24) is 14.7 Å². The number of rotatable bonds is 5. The number of nitrogen functional groups attached to an aromatic ring is 1.